The maximum atomic E-state index is 13.7. The van der Waals surface area contributed by atoms with Crippen LogP contribution in [0.15, 0.2) is 36.4 Å². The first-order valence-corrected chi connectivity index (χ1v) is 12.9. The van der Waals surface area contributed by atoms with Gasteiger partial charge in [-0.3, -0.25) is 14.4 Å². The van der Waals surface area contributed by atoms with Gasteiger partial charge in [0.1, 0.15) is 11.6 Å². The van der Waals surface area contributed by atoms with E-state index in [4.69, 9.17) is 16.3 Å². The minimum Gasteiger partial charge on any atom is -0.359 e. The lowest BCUT2D eigenvalue weighted by atomic mass is 9.74. The number of unbranched alkanes of at least 4 members (excludes halogenated alkanes) is 1. The van der Waals surface area contributed by atoms with E-state index in [2.05, 4.69) is 17.6 Å². The van der Waals surface area contributed by atoms with Gasteiger partial charge in [0.15, 0.2) is 0 Å². The molecule has 1 aromatic rings. The molecule has 0 radical (unpaired) electrons. The molecule has 34 heavy (non-hydrogen) atoms. The lowest BCUT2D eigenvalue weighted by Crippen LogP contribution is -2.56. The van der Waals surface area contributed by atoms with E-state index >= 15 is 0 Å². The monoisotopic (exact) mass is 485 g/mol. The number of hydrogen-bond donors (Lipinski definition) is 2. The molecule has 182 valence electrons. The lowest BCUT2D eigenvalue weighted by Gasteiger charge is -2.34. The van der Waals surface area contributed by atoms with Crippen molar-refractivity contribution in [2.24, 2.45) is 11.8 Å². The fourth-order valence-electron chi connectivity index (χ4n) is 6.16. The number of rotatable bonds is 7. The number of ether oxygens (including phenoxy) is 1. The molecular weight excluding hydrogens is 454 g/mol. The summed E-state index contributed by atoms with van der Waals surface area (Å²) in [5, 5.41) is 6.62. The molecule has 1 aliphatic carbocycles. The first-order chi connectivity index (χ1) is 16.4. The normalized spacial score (nSPS) is 32.2. The smallest absolute Gasteiger partial charge is 0.246 e. The highest BCUT2D eigenvalue weighted by Crippen LogP contribution is 2.55. The van der Waals surface area contributed by atoms with Crippen molar-refractivity contribution in [1.29, 1.82) is 0 Å². The number of benzene rings is 1. The number of nitrogens with one attached hydrogen (secondary N) is 2. The van der Waals surface area contributed by atoms with Crippen LogP contribution in [0.5, 0.6) is 0 Å². The third-order valence-electron chi connectivity index (χ3n) is 7.72. The van der Waals surface area contributed by atoms with Crippen molar-refractivity contribution in [3.63, 3.8) is 0 Å². The SMILES string of the molecule is CCCCN1C(=O)[C@H]2[C@@H](C(=O)Nc3cccc(Cl)c3)[C@H]3C=C[C@@]2(O3)[C@H]1C(=O)NC1CCCCC1. The van der Waals surface area contributed by atoms with E-state index < -0.39 is 29.6 Å². The summed E-state index contributed by atoms with van der Waals surface area (Å²) < 4.78 is 6.36. The summed E-state index contributed by atoms with van der Waals surface area (Å²) in [4.78, 5) is 42.4. The molecule has 1 aromatic carbocycles. The molecule has 5 atom stereocenters. The van der Waals surface area contributed by atoms with Crippen LogP contribution in [0.4, 0.5) is 5.69 Å². The Morgan fingerprint density at radius 3 is 2.74 bits per heavy atom. The van der Waals surface area contributed by atoms with Crippen molar-refractivity contribution in [3.8, 4) is 0 Å². The molecule has 3 aliphatic heterocycles. The fourth-order valence-corrected chi connectivity index (χ4v) is 6.35. The minimum absolute atomic E-state index is 0.129. The highest BCUT2D eigenvalue weighted by atomic mass is 35.5. The minimum atomic E-state index is -1.11. The number of nitrogens with zero attached hydrogens (tertiary/aromatic N) is 1. The maximum Gasteiger partial charge on any atom is 0.246 e. The van der Waals surface area contributed by atoms with Crippen molar-refractivity contribution in [2.75, 3.05) is 11.9 Å². The van der Waals surface area contributed by atoms with Crippen molar-refractivity contribution in [2.45, 2.75) is 75.7 Å². The first kappa shape index (κ1) is 23.4. The summed E-state index contributed by atoms with van der Waals surface area (Å²) >= 11 is 6.07. The van der Waals surface area contributed by atoms with Crippen LogP contribution in [-0.4, -0.2) is 53.0 Å². The van der Waals surface area contributed by atoms with Gasteiger partial charge in [-0.15, -0.1) is 0 Å². The second-order valence-corrected chi connectivity index (χ2v) is 10.4. The van der Waals surface area contributed by atoms with Gasteiger partial charge < -0.3 is 20.3 Å². The van der Waals surface area contributed by atoms with Crippen molar-refractivity contribution < 1.29 is 19.1 Å². The number of amides is 3. The Bertz CT molecular complexity index is 1010. The number of hydrogen-bond acceptors (Lipinski definition) is 4. The van der Waals surface area contributed by atoms with Gasteiger partial charge in [0, 0.05) is 23.3 Å². The van der Waals surface area contributed by atoms with E-state index in [1.165, 1.54) is 6.42 Å². The van der Waals surface area contributed by atoms with E-state index in [1.54, 1.807) is 29.2 Å². The zero-order chi connectivity index (χ0) is 23.9. The maximum absolute atomic E-state index is 13.7. The topological polar surface area (TPSA) is 87.7 Å². The summed E-state index contributed by atoms with van der Waals surface area (Å²) in [6.07, 6.45) is 10.2. The van der Waals surface area contributed by atoms with Crippen molar-refractivity contribution in [1.82, 2.24) is 10.2 Å². The molecule has 4 aliphatic rings. The third-order valence-corrected chi connectivity index (χ3v) is 7.96. The molecule has 3 heterocycles. The molecular formula is C26H32ClN3O4. The van der Waals surface area contributed by atoms with Gasteiger partial charge in [-0.05, 0) is 37.5 Å². The molecule has 1 spiro atoms. The zero-order valence-electron chi connectivity index (χ0n) is 19.5. The van der Waals surface area contributed by atoms with E-state index in [9.17, 15) is 14.4 Å². The second-order valence-electron chi connectivity index (χ2n) is 9.93. The first-order valence-electron chi connectivity index (χ1n) is 12.5. The number of fused-ring (bicyclic) bond motifs is 1. The molecule has 3 fully saturated rings. The molecule has 8 heteroatoms. The number of likely N-dealkylation sites (tertiary alicyclic amines) is 1. The van der Waals surface area contributed by atoms with Crippen LogP contribution >= 0.6 is 11.6 Å². The van der Waals surface area contributed by atoms with E-state index in [0.29, 0.717) is 17.3 Å². The number of anilines is 1. The zero-order valence-corrected chi connectivity index (χ0v) is 20.2. The second kappa shape index (κ2) is 9.34. The highest BCUT2D eigenvalue weighted by Gasteiger charge is 2.72. The van der Waals surface area contributed by atoms with E-state index in [-0.39, 0.29) is 23.8 Å². The van der Waals surface area contributed by atoms with Crippen LogP contribution < -0.4 is 10.6 Å². The van der Waals surface area contributed by atoms with Crippen LogP contribution in [0.2, 0.25) is 5.02 Å². The predicted octanol–water partition coefficient (Wildman–Crippen LogP) is 3.68. The van der Waals surface area contributed by atoms with Crippen LogP contribution in [0, 0.1) is 11.8 Å². The van der Waals surface area contributed by atoms with Gasteiger partial charge >= 0.3 is 0 Å². The number of carbonyl (C=O) groups excluding carboxylic acids is 3. The number of halogens is 1. The van der Waals surface area contributed by atoms with Crippen LogP contribution in [0.3, 0.4) is 0 Å². The van der Waals surface area contributed by atoms with Gasteiger partial charge in [0.2, 0.25) is 17.7 Å². The van der Waals surface area contributed by atoms with Gasteiger partial charge in [-0.25, -0.2) is 0 Å². The molecule has 2 saturated heterocycles. The van der Waals surface area contributed by atoms with Crippen molar-refractivity contribution in [3.05, 3.63) is 41.4 Å². The Labute approximate surface area is 205 Å². The molecule has 0 unspecified atom stereocenters. The molecule has 7 nitrogen and oxygen atoms in total. The Morgan fingerprint density at radius 1 is 1.21 bits per heavy atom. The van der Waals surface area contributed by atoms with E-state index in [1.807, 2.05) is 12.2 Å². The van der Waals surface area contributed by atoms with E-state index in [0.717, 1.165) is 38.5 Å². The quantitative estimate of drug-likeness (QED) is 0.577. The number of carbonyl (C=O) groups is 3. The summed E-state index contributed by atoms with van der Waals surface area (Å²) in [6, 6.07) is 6.29. The fraction of sp³-hybridized carbons (Fsp3) is 0.577. The summed E-state index contributed by atoms with van der Waals surface area (Å²) in [7, 11) is 0. The Balaban J connectivity index is 1.42. The van der Waals surface area contributed by atoms with Crippen LogP contribution in [0.1, 0.15) is 51.9 Å². The largest absolute Gasteiger partial charge is 0.359 e. The third kappa shape index (κ3) is 3.93. The summed E-state index contributed by atoms with van der Waals surface area (Å²) in [5.74, 6) is -2.05. The molecule has 5 rings (SSSR count). The molecule has 0 aromatic heterocycles. The highest BCUT2D eigenvalue weighted by molar-refractivity contribution is 6.30. The van der Waals surface area contributed by atoms with Gasteiger partial charge in [-0.1, -0.05) is 62.4 Å². The molecule has 2 N–H and O–H groups in total. The van der Waals surface area contributed by atoms with Gasteiger partial charge in [0.25, 0.3) is 0 Å². The van der Waals surface area contributed by atoms with Gasteiger partial charge in [0.05, 0.1) is 17.9 Å². The molecule has 3 amide bonds. The van der Waals surface area contributed by atoms with Gasteiger partial charge in [-0.2, -0.15) is 0 Å². The lowest BCUT2D eigenvalue weighted by molar-refractivity contribution is -0.141. The molecule has 1 saturated carbocycles. The summed E-state index contributed by atoms with van der Waals surface area (Å²) in [6.45, 7) is 2.53. The Morgan fingerprint density at radius 2 is 2.00 bits per heavy atom. The summed E-state index contributed by atoms with van der Waals surface area (Å²) in [5.41, 5.74) is -0.539. The van der Waals surface area contributed by atoms with Crippen LogP contribution in [-0.2, 0) is 19.1 Å². The van der Waals surface area contributed by atoms with Crippen molar-refractivity contribution >= 4 is 35.0 Å². The Kier molecular flexibility index (Phi) is 6.42. The average molecular weight is 486 g/mol. The molecule has 2 bridgehead atoms. The Hall–Kier alpha value is -2.38. The standard InChI is InChI=1S/C26H32ClN3O4/c1-2-3-14-30-22(24(32)28-17-9-5-4-6-10-17)26-13-12-19(34-26)20(21(26)25(30)33)23(31)29-18-11-7-8-16(27)15-18/h7-8,11-13,15,17,19-22H,2-6,9-10,14H2,1H3,(H,28,32)(H,29,31)/t19-,20+,21-,22-,26+/m1/s1. The predicted molar refractivity (Wildman–Crippen MR) is 129 cm³/mol. The van der Waals surface area contributed by atoms with Crippen LogP contribution in [0.25, 0.3) is 0 Å². The average Bonchev–Trinajstić information content (AvgIpc) is 3.45.